The lowest BCUT2D eigenvalue weighted by Gasteiger charge is -2.42. The van der Waals surface area contributed by atoms with Crippen LogP contribution in [0.25, 0.3) is 0 Å². The van der Waals surface area contributed by atoms with Crippen molar-refractivity contribution in [3.63, 3.8) is 0 Å². The molecule has 1 unspecified atom stereocenters. The molecule has 0 radical (unpaired) electrons. The number of nitrogens with zero attached hydrogens (tertiary/aromatic N) is 4. The van der Waals surface area contributed by atoms with Crippen LogP contribution in [-0.2, 0) is 20.5 Å². The van der Waals surface area contributed by atoms with Crippen LogP contribution in [0, 0.1) is 11.8 Å². The van der Waals surface area contributed by atoms with E-state index in [4.69, 9.17) is 4.74 Å². The summed E-state index contributed by atoms with van der Waals surface area (Å²) in [7, 11) is 1.34. The Morgan fingerprint density at radius 1 is 1.17 bits per heavy atom. The molecule has 8 nitrogen and oxygen atoms in total. The average Bonchev–Trinajstić information content (AvgIpc) is 3.40. The number of hydrogen-bond acceptors (Lipinski definition) is 8. The van der Waals surface area contributed by atoms with Crippen molar-refractivity contribution in [3.8, 4) is 0 Å². The highest BCUT2D eigenvalue weighted by Gasteiger charge is 2.36. The largest absolute Gasteiger partial charge is 0.469 e. The van der Waals surface area contributed by atoms with Gasteiger partial charge in [0.2, 0.25) is 16.9 Å². The van der Waals surface area contributed by atoms with Gasteiger partial charge in [0.1, 0.15) is 0 Å². The van der Waals surface area contributed by atoms with Crippen molar-refractivity contribution >= 4 is 39.9 Å². The molecule has 12 heteroatoms. The molecule has 1 amide bonds. The van der Waals surface area contributed by atoms with E-state index in [1.54, 1.807) is 0 Å². The van der Waals surface area contributed by atoms with E-state index < -0.39 is 12.0 Å². The molecule has 2 aromatic rings. The molecule has 1 fully saturated rings. The van der Waals surface area contributed by atoms with Crippen LogP contribution in [0.4, 0.5) is 29.7 Å². The fraction of sp³-hybridized carbons (Fsp3) is 0.655. The molecule has 0 spiro atoms. The zero-order valence-electron chi connectivity index (χ0n) is 24.8. The minimum absolute atomic E-state index is 0.0361. The minimum Gasteiger partial charge on any atom is -0.469 e. The van der Waals surface area contributed by atoms with Crippen LogP contribution in [0.3, 0.4) is 0 Å². The molecule has 0 saturated carbocycles. The predicted octanol–water partition coefficient (Wildman–Crippen LogP) is 6.86. The second-order valence-corrected chi connectivity index (χ2v) is 12.1. The van der Waals surface area contributed by atoms with Crippen LogP contribution < -0.4 is 10.2 Å². The zero-order chi connectivity index (χ0) is 30.3. The number of amides is 1. The van der Waals surface area contributed by atoms with E-state index in [-0.39, 0.29) is 35.4 Å². The summed E-state index contributed by atoms with van der Waals surface area (Å²) in [5.41, 5.74) is 2.29. The summed E-state index contributed by atoms with van der Waals surface area (Å²) in [5.74, 6) is -0.858. The number of carbonyl (C=O) groups excluding carboxylic acids is 2. The number of nitrogens with one attached hydrogen (secondary N) is 1. The van der Waals surface area contributed by atoms with Gasteiger partial charge in [-0.2, -0.15) is 22.5 Å². The van der Waals surface area contributed by atoms with Gasteiger partial charge < -0.3 is 19.9 Å². The molecular weight excluding hydrogens is 555 g/mol. The monoisotopic (exact) mass is 597 g/mol. The van der Waals surface area contributed by atoms with Gasteiger partial charge in [0.25, 0.3) is 0 Å². The van der Waals surface area contributed by atoms with Crippen LogP contribution in [0.1, 0.15) is 84.0 Å². The Hall–Kier alpha value is -2.89. The lowest BCUT2D eigenvalue weighted by Crippen LogP contribution is -2.48. The van der Waals surface area contributed by atoms with Crippen molar-refractivity contribution in [2.45, 2.75) is 84.9 Å². The number of esters is 1. The fourth-order valence-electron chi connectivity index (χ4n) is 4.98. The summed E-state index contributed by atoms with van der Waals surface area (Å²) in [6.45, 7) is 12.4. The van der Waals surface area contributed by atoms with E-state index in [2.05, 4.69) is 33.4 Å². The quantitative estimate of drug-likeness (QED) is 0.268. The van der Waals surface area contributed by atoms with Crippen molar-refractivity contribution in [3.05, 3.63) is 29.6 Å². The number of methoxy groups -OCH3 is 1. The van der Waals surface area contributed by atoms with E-state index in [1.165, 1.54) is 7.11 Å². The molecular formula is C29H42F3N5O3S. The normalized spacial score (nSPS) is 16.0. The number of hydrogen-bond donors (Lipinski definition) is 1. The molecule has 0 bridgehead atoms. The van der Waals surface area contributed by atoms with Gasteiger partial charge in [0.05, 0.1) is 24.9 Å². The summed E-state index contributed by atoms with van der Waals surface area (Å²) in [4.78, 5) is 32.6. The van der Waals surface area contributed by atoms with Crippen molar-refractivity contribution in [1.29, 1.82) is 0 Å². The molecule has 1 aromatic heterocycles. The number of aromatic nitrogens is 2. The number of carbonyl (C=O) groups is 2. The molecule has 1 aromatic carbocycles. The molecule has 1 aliphatic rings. The predicted molar refractivity (Wildman–Crippen MR) is 156 cm³/mol. The maximum absolute atomic E-state index is 13.2. The number of rotatable bonds is 12. The summed E-state index contributed by atoms with van der Waals surface area (Å²) in [6.07, 6.45) is -1.40. The maximum Gasteiger partial charge on any atom is 0.452 e. The lowest BCUT2D eigenvalue weighted by atomic mass is 9.95. The number of likely N-dealkylation sites (tertiary alicyclic amines) is 1. The third-order valence-electron chi connectivity index (χ3n) is 7.57. The Morgan fingerprint density at radius 3 is 2.41 bits per heavy atom. The van der Waals surface area contributed by atoms with Gasteiger partial charge in [-0.05, 0) is 48.3 Å². The average molecular weight is 598 g/mol. The highest BCUT2D eigenvalue weighted by molar-refractivity contribution is 7.09. The molecule has 2 atom stereocenters. The number of alkyl halides is 3. The molecule has 2 heterocycles. The van der Waals surface area contributed by atoms with Crippen LogP contribution in [0.2, 0.25) is 0 Å². The molecule has 3 rings (SSSR count). The Kier molecular flexibility index (Phi) is 11.4. The van der Waals surface area contributed by atoms with Crippen molar-refractivity contribution in [2.75, 3.05) is 37.0 Å². The summed E-state index contributed by atoms with van der Waals surface area (Å²) < 4.78 is 48.0. The summed E-state index contributed by atoms with van der Waals surface area (Å²) in [6, 6.07) is 5.95. The minimum atomic E-state index is -4.64. The summed E-state index contributed by atoms with van der Waals surface area (Å²) in [5, 5.41) is 3.15. The van der Waals surface area contributed by atoms with Gasteiger partial charge in [0.15, 0.2) is 0 Å². The number of benzene rings is 1. The Morgan fingerprint density at radius 2 is 1.85 bits per heavy atom. The van der Waals surface area contributed by atoms with Gasteiger partial charge in [-0.25, -0.2) is 0 Å². The molecule has 1 aliphatic heterocycles. The lowest BCUT2D eigenvalue weighted by molar-refractivity contribution is -0.144. The molecule has 228 valence electrons. The second kappa shape index (κ2) is 14.3. The first-order chi connectivity index (χ1) is 19.3. The molecule has 1 saturated heterocycles. The van der Waals surface area contributed by atoms with Crippen molar-refractivity contribution in [1.82, 2.24) is 14.3 Å². The zero-order valence-corrected chi connectivity index (χ0v) is 25.6. The van der Waals surface area contributed by atoms with Crippen LogP contribution >= 0.6 is 11.5 Å². The summed E-state index contributed by atoms with van der Waals surface area (Å²) >= 11 is 0.653. The highest BCUT2D eigenvalue weighted by Crippen LogP contribution is 2.38. The number of ether oxygens (including phenoxy) is 1. The molecule has 0 aliphatic carbocycles. The molecule has 41 heavy (non-hydrogen) atoms. The van der Waals surface area contributed by atoms with Crippen LogP contribution in [0.5, 0.6) is 0 Å². The van der Waals surface area contributed by atoms with Crippen molar-refractivity contribution in [2.24, 2.45) is 11.8 Å². The van der Waals surface area contributed by atoms with Gasteiger partial charge >= 0.3 is 12.1 Å². The first-order valence-corrected chi connectivity index (χ1v) is 15.0. The highest BCUT2D eigenvalue weighted by atomic mass is 32.1. The Bertz CT molecular complexity index is 1160. The van der Waals surface area contributed by atoms with Crippen LogP contribution in [-0.4, -0.2) is 58.9 Å². The standard InChI is InChI=1S/C29H42F3N5O3S/c1-7-19(4)17-37(22-10-12-36(13-11-22)25(38)14-18(2)3)24-9-8-21(20(5)15-26(39)40-6)16-23(24)33-28-34-27(35-41-28)29(30,31)32/h8-9,16,18-20,22H,7,10-15,17H2,1-6H3,(H,33,34,35)/t19?,20-/m1/s1. The second-order valence-electron chi connectivity index (χ2n) is 11.4. The van der Waals surface area contributed by atoms with E-state index in [9.17, 15) is 22.8 Å². The third kappa shape index (κ3) is 9.05. The van der Waals surface area contributed by atoms with E-state index in [0.29, 0.717) is 48.6 Å². The van der Waals surface area contributed by atoms with E-state index in [0.717, 1.165) is 37.1 Å². The number of piperidine rings is 1. The molecule has 1 N–H and O–H groups in total. The van der Waals surface area contributed by atoms with Crippen LogP contribution in [0.15, 0.2) is 18.2 Å². The van der Waals surface area contributed by atoms with E-state index >= 15 is 0 Å². The fourth-order valence-corrected chi connectivity index (χ4v) is 5.58. The maximum atomic E-state index is 13.2. The van der Waals surface area contributed by atoms with Gasteiger partial charge in [-0.1, -0.05) is 47.1 Å². The first kappa shape index (κ1) is 32.6. The SMILES string of the molecule is CCC(C)CN(c1ccc([C@H](C)CC(=O)OC)cc1Nc1nc(C(F)(F)F)ns1)C1CCN(C(=O)CC(C)C)CC1. The number of anilines is 3. The topological polar surface area (TPSA) is 87.7 Å². The number of halogens is 3. The van der Waals surface area contributed by atoms with Gasteiger partial charge in [-0.15, -0.1) is 0 Å². The Labute approximate surface area is 244 Å². The Balaban J connectivity index is 1.97. The van der Waals surface area contributed by atoms with Gasteiger partial charge in [0, 0.05) is 43.6 Å². The smallest absolute Gasteiger partial charge is 0.452 e. The van der Waals surface area contributed by atoms with Crippen molar-refractivity contribution < 1.29 is 27.5 Å². The van der Waals surface area contributed by atoms with Gasteiger partial charge in [-0.3, -0.25) is 9.59 Å². The third-order valence-corrected chi connectivity index (χ3v) is 8.20. The van der Waals surface area contributed by atoms with E-state index in [1.807, 2.05) is 43.9 Å². The first-order valence-electron chi connectivity index (χ1n) is 14.2.